The van der Waals surface area contributed by atoms with Gasteiger partial charge < -0.3 is 20.0 Å². The highest BCUT2D eigenvalue weighted by molar-refractivity contribution is 6.40. The highest BCUT2D eigenvalue weighted by Crippen LogP contribution is 2.28. The topological polar surface area (TPSA) is 99.7 Å². The van der Waals surface area contributed by atoms with Gasteiger partial charge in [0.25, 0.3) is 5.91 Å². The molecule has 2 aromatic heterocycles. The predicted molar refractivity (Wildman–Crippen MR) is 97.6 cm³/mol. The van der Waals surface area contributed by atoms with Crippen LogP contribution in [0.4, 0.5) is 0 Å². The van der Waals surface area contributed by atoms with Crippen LogP contribution in [0.25, 0.3) is 0 Å². The average Bonchev–Trinajstić information content (AvgIpc) is 3.41. The maximum absolute atomic E-state index is 12.5. The highest BCUT2D eigenvalue weighted by atomic mass is 16.6. The van der Waals surface area contributed by atoms with Gasteiger partial charge in [0.1, 0.15) is 0 Å². The van der Waals surface area contributed by atoms with Crippen LogP contribution in [-0.2, 0) is 27.4 Å². The summed E-state index contributed by atoms with van der Waals surface area (Å²) in [5, 5.41) is 6.80. The lowest BCUT2D eigenvalue weighted by molar-refractivity contribution is -0.130. The van der Waals surface area contributed by atoms with Gasteiger partial charge in [0.15, 0.2) is 11.8 Å². The summed E-state index contributed by atoms with van der Waals surface area (Å²) in [6.07, 6.45) is 6.10. The van der Waals surface area contributed by atoms with Crippen LogP contribution in [-0.4, -0.2) is 51.6 Å². The lowest BCUT2D eigenvalue weighted by atomic mass is 10.0. The third-order valence-electron chi connectivity index (χ3n) is 4.94. The molecule has 2 amide bonds. The number of aromatic nitrogens is 2. The largest absolute Gasteiger partial charge is 0.389 e. The Morgan fingerprint density at radius 1 is 1.30 bits per heavy atom. The van der Waals surface area contributed by atoms with E-state index in [9.17, 15) is 9.59 Å². The fourth-order valence-corrected chi connectivity index (χ4v) is 3.45. The lowest BCUT2D eigenvalue weighted by Crippen LogP contribution is -2.37. The van der Waals surface area contributed by atoms with Crippen molar-refractivity contribution in [2.45, 2.75) is 25.5 Å². The Hall–Kier alpha value is -3.16. The summed E-state index contributed by atoms with van der Waals surface area (Å²) in [6.45, 7) is 1.31. The van der Waals surface area contributed by atoms with Crippen molar-refractivity contribution in [2.75, 3.05) is 13.1 Å². The first-order valence-corrected chi connectivity index (χ1v) is 9.01. The molecule has 0 aromatic carbocycles. The summed E-state index contributed by atoms with van der Waals surface area (Å²) in [4.78, 5) is 39.2. The Morgan fingerprint density at radius 3 is 3.00 bits per heavy atom. The second-order valence-corrected chi connectivity index (χ2v) is 6.76. The van der Waals surface area contributed by atoms with E-state index in [4.69, 9.17) is 4.84 Å². The molecule has 2 aliphatic rings. The number of oxime groups is 1. The van der Waals surface area contributed by atoms with Crippen LogP contribution in [0.5, 0.6) is 0 Å². The van der Waals surface area contributed by atoms with Crippen LogP contribution in [0.2, 0.25) is 0 Å². The molecule has 2 atom stereocenters. The molecule has 0 saturated carbocycles. The van der Waals surface area contributed by atoms with Crippen LogP contribution in [0.15, 0.2) is 48.0 Å². The number of likely N-dealkylation sites (tertiary alicyclic amines) is 1. The van der Waals surface area contributed by atoms with E-state index < -0.39 is 0 Å². The van der Waals surface area contributed by atoms with Crippen LogP contribution < -0.4 is 5.32 Å². The van der Waals surface area contributed by atoms with Crippen molar-refractivity contribution in [3.05, 3.63) is 54.1 Å². The standard InChI is InChI=1S/C19H21N5O3/c25-17(6-5-14-4-2-8-21-14)24-11-15-16(12-24)27-23-18(15)19(26)22-10-13-3-1-7-20-9-13/h1-4,7-9,15-16,21H,5-6,10-12H2,(H,22,26)/t15-,16+/m0/s1. The molecule has 0 radical (unpaired) electrons. The van der Waals surface area contributed by atoms with Gasteiger partial charge in [0.05, 0.1) is 12.5 Å². The van der Waals surface area contributed by atoms with Crippen LogP contribution in [0, 0.1) is 5.92 Å². The number of pyridine rings is 1. The van der Waals surface area contributed by atoms with Crippen LogP contribution >= 0.6 is 0 Å². The Bertz CT molecular complexity index is 834. The van der Waals surface area contributed by atoms with Crippen molar-refractivity contribution in [3.63, 3.8) is 0 Å². The Balaban J connectivity index is 1.30. The van der Waals surface area contributed by atoms with Crippen LogP contribution in [0.3, 0.4) is 0 Å². The van der Waals surface area contributed by atoms with Crippen LogP contribution in [0.1, 0.15) is 17.7 Å². The first-order chi connectivity index (χ1) is 13.2. The van der Waals surface area contributed by atoms with E-state index in [2.05, 4.69) is 20.4 Å². The van der Waals surface area contributed by atoms with E-state index in [0.29, 0.717) is 38.2 Å². The van der Waals surface area contributed by atoms with E-state index in [-0.39, 0.29) is 23.8 Å². The summed E-state index contributed by atoms with van der Waals surface area (Å²) >= 11 is 0. The fourth-order valence-electron chi connectivity index (χ4n) is 3.45. The van der Waals surface area contributed by atoms with E-state index in [0.717, 1.165) is 11.3 Å². The summed E-state index contributed by atoms with van der Waals surface area (Å²) in [7, 11) is 0. The monoisotopic (exact) mass is 367 g/mol. The number of hydrogen-bond acceptors (Lipinski definition) is 5. The molecule has 2 aromatic rings. The SMILES string of the molecule is O=C(NCc1cccnc1)C1=NO[C@@H]2CN(C(=O)CCc3ccc[nH]3)C[C@H]12. The van der Waals surface area contributed by atoms with Crippen molar-refractivity contribution >= 4 is 17.5 Å². The molecule has 0 aliphatic carbocycles. The Morgan fingerprint density at radius 2 is 2.22 bits per heavy atom. The van der Waals surface area contributed by atoms with Crippen molar-refractivity contribution < 1.29 is 14.4 Å². The van der Waals surface area contributed by atoms with E-state index in [1.807, 2.05) is 30.5 Å². The van der Waals surface area contributed by atoms with Crippen molar-refractivity contribution in [1.82, 2.24) is 20.2 Å². The number of aromatic amines is 1. The van der Waals surface area contributed by atoms with Gasteiger partial charge in [0.2, 0.25) is 5.91 Å². The molecule has 0 unspecified atom stereocenters. The molecule has 2 aliphatic heterocycles. The maximum Gasteiger partial charge on any atom is 0.269 e. The number of aryl methyl sites for hydroxylation is 1. The summed E-state index contributed by atoms with van der Waals surface area (Å²) in [5.41, 5.74) is 2.31. The molecule has 0 spiro atoms. The minimum atomic E-state index is -0.257. The number of carbonyl (C=O) groups is 2. The number of fused-ring (bicyclic) bond motifs is 1. The quantitative estimate of drug-likeness (QED) is 0.791. The maximum atomic E-state index is 12.5. The molecule has 8 nitrogen and oxygen atoms in total. The molecule has 27 heavy (non-hydrogen) atoms. The summed E-state index contributed by atoms with van der Waals surface area (Å²) < 4.78 is 0. The number of H-pyrrole nitrogens is 1. The molecule has 1 fully saturated rings. The molecule has 0 bridgehead atoms. The second kappa shape index (κ2) is 7.61. The fraction of sp³-hybridized carbons (Fsp3) is 0.368. The Kier molecular flexibility index (Phi) is 4.86. The predicted octanol–water partition coefficient (Wildman–Crippen LogP) is 0.872. The summed E-state index contributed by atoms with van der Waals surface area (Å²) in [6, 6.07) is 7.60. The minimum absolute atomic E-state index is 0.0673. The molecule has 2 N–H and O–H groups in total. The van der Waals surface area contributed by atoms with E-state index >= 15 is 0 Å². The van der Waals surface area contributed by atoms with Gasteiger partial charge >= 0.3 is 0 Å². The molecule has 1 saturated heterocycles. The van der Waals surface area contributed by atoms with E-state index in [1.165, 1.54) is 0 Å². The number of rotatable bonds is 6. The smallest absolute Gasteiger partial charge is 0.269 e. The van der Waals surface area contributed by atoms with Gasteiger partial charge in [-0.05, 0) is 30.2 Å². The number of amides is 2. The summed E-state index contributed by atoms with van der Waals surface area (Å²) in [5.74, 6) is -0.363. The third kappa shape index (κ3) is 3.84. The second-order valence-electron chi connectivity index (χ2n) is 6.76. The zero-order valence-corrected chi connectivity index (χ0v) is 14.8. The normalized spacial score (nSPS) is 20.7. The van der Waals surface area contributed by atoms with Gasteiger partial charge in [0, 0.05) is 43.8 Å². The van der Waals surface area contributed by atoms with Gasteiger partial charge in [-0.3, -0.25) is 14.6 Å². The van der Waals surface area contributed by atoms with Gasteiger partial charge in [-0.1, -0.05) is 11.2 Å². The lowest BCUT2D eigenvalue weighted by Gasteiger charge is -2.16. The van der Waals surface area contributed by atoms with Gasteiger partial charge in [-0.25, -0.2) is 0 Å². The van der Waals surface area contributed by atoms with Crippen molar-refractivity contribution in [1.29, 1.82) is 0 Å². The molecular formula is C19H21N5O3. The molecule has 4 rings (SSSR count). The number of nitrogens with one attached hydrogen (secondary N) is 2. The first kappa shape index (κ1) is 17.3. The average molecular weight is 367 g/mol. The van der Waals surface area contributed by atoms with Crippen molar-refractivity contribution in [3.8, 4) is 0 Å². The molecule has 140 valence electrons. The number of carbonyl (C=O) groups excluding carboxylic acids is 2. The zero-order chi connectivity index (χ0) is 18.6. The van der Waals surface area contributed by atoms with Crippen molar-refractivity contribution in [2.24, 2.45) is 11.1 Å². The molecule has 8 heteroatoms. The molecular weight excluding hydrogens is 346 g/mol. The molecule has 4 heterocycles. The minimum Gasteiger partial charge on any atom is -0.389 e. The number of hydrogen-bond donors (Lipinski definition) is 2. The van der Waals surface area contributed by atoms with Gasteiger partial charge in [-0.2, -0.15) is 0 Å². The van der Waals surface area contributed by atoms with E-state index in [1.54, 1.807) is 17.3 Å². The first-order valence-electron chi connectivity index (χ1n) is 9.01. The van der Waals surface area contributed by atoms with Gasteiger partial charge in [-0.15, -0.1) is 0 Å². The highest BCUT2D eigenvalue weighted by Gasteiger charge is 2.46. The number of nitrogens with zero attached hydrogens (tertiary/aromatic N) is 3. The third-order valence-corrected chi connectivity index (χ3v) is 4.94. The zero-order valence-electron chi connectivity index (χ0n) is 14.8. The Labute approximate surface area is 156 Å².